The van der Waals surface area contributed by atoms with Crippen LogP contribution in [0.3, 0.4) is 0 Å². The van der Waals surface area contributed by atoms with E-state index >= 15 is 0 Å². The number of allylic oxidation sites excluding steroid dienone is 10. The third-order valence-corrected chi connectivity index (χ3v) is 3.20. The first kappa shape index (κ1) is 22.9. The molecule has 0 aromatic heterocycles. The van der Waals surface area contributed by atoms with Crippen molar-refractivity contribution in [1.29, 1.82) is 0 Å². The van der Waals surface area contributed by atoms with Gasteiger partial charge in [0.15, 0.2) is 0 Å². The summed E-state index contributed by atoms with van der Waals surface area (Å²) in [5.41, 5.74) is 0. The summed E-state index contributed by atoms with van der Waals surface area (Å²) < 4.78 is 0. The Morgan fingerprint density at radius 1 is 0.840 bits per heavy atom. The molecule has 0 aromatic rings. The van der Waals surface area contributed by atoms with Crippen molar-refractivity contribution in [1.82, 2.24) is 0 Å². The quantitative estimate of drug-likeness (QED) is 0.322. The molecule has 0 rings (SSSR count). The molecule has 0 fully saturated rings. The van der Waals surface area contributed by atoms with E-state index in [-0.39, 0.29) is 6.42 Å². The van der Waals surface area contributed by atoms with Gasteiger partial charge in [-0.1, -0.05) is 79.8 Å². The third-order valence-electron chi connectivity index (χ3n) is 3.20. The van der Waals surface area contributed by atoms with Crippen LogP contribution in [0.4, 0.5) is 0 Å². The Labute approximate surface area is 152 Å². The fraction of sp³-hybridized carbons (Fsp3) is 0.409. The van der Waals surface area contributed by atoms with E-state index in [2.05, 4.69) is 37.3 Å². The minimum absolute atomic E-state index is 0.170. The smallest absolute Gasteiger partial charge is 0.303 e. The molecule has 3 nitrogen and oxygen atoms in total. The zero-order valence-electron chi connectivity index (χ0n) is 15.3. The predicted octanol–water partition coefficient (Wildman–Crippen LogP) is 5.52. The Morgan fingerprint density at radius 2 is 1.44 bits per heavy atom. The van der Waals surface area contributed by atoms with Gasteiger partial charge in [0.2, 0.25) is 0 Å². The molecule has 0 radical (unpaired) electrons. The van der Waals surface area contributed by atoms with Gasteiger partial charge in [0.1, 0.15) is 0 Å². The predicted molar refractivity (Wildman–Crippen MR) is 106 cm³/mol. The molecule has 0 saturated carbocycles. The van der Waals surface area contributed by atoms with E-state index in [0.29, 0.717) is 12.8 Å². The molecule has 0 aliphatic rings. The van der Waals surface area contributed by atoms with E-state index < -0.39 is 12.1 Å². The summed E-state index contributed by atoms with van der Waals surface area (Å²) in [7, 11) is 0. The summed E-state index contributed by atoms with van der Waals surface area (Å²) in [5.74, 6) is -0.774. The summed E-state index contributed by atoms with van der Waals surface area (Å²) in [6.07, 6.45) is 28.5. The molecule has 138 valence electrons. The monoisotopic (exact) mass is 344 g/mol. The first-order valence-corrected chi connectivity index (χ1v) is 9.00. The van der Waals surface area contributed by atoms with E-state index in [4.69, 9.17) is 5.11 Å². The molecular formula is C22H32O3. The second-order valence-electron chi connectivity index (χ2n) is 5.55. The van der Waals surface area contributed by atoms with Gasteiger partial charge in [-0.3, -0.25) is 4.79 Å². The van der Waals surface area contributed by atoms with Gasteiger partial charge >= 0.3 is 5.97 Å². The zero-order valence-corrected chi connectivity index (χ0v) is 15.3. The average Bonchev–Trinajstić information content (AvgIpc) is 2.58. The summed E-state index contributed by atoms with van der Waals surface area (Å²) in [6, 6.07) is 0. The molecular weight excluding hydrogens is 312 g/mol. The van der Waals surface area contributed by atoms with Crippen LogP contribution in [-0.4, -0.2) is 22.3 Å². The minimum Gasteiger partial charge on any atom is -0.481 e. The largest absolute Gasteiger partial charge is 0.481 e. The van der Waals surface area contributed by atoms with Gasteiger partial charge in [-0.15, -0.1) is 0 Å². The second kappa shape index (κ2) is 18.2. The second-order valence-corrected chi connectivity index (χ2v) is 5.55. The van der Waals surface area contributed by atoms with E-state index in [1.165, 1.54) is 0 Å². The van der Waals surface area contributed by atoms with Crippen LogP contribution in [0.5, 0.6) is 0 Å². The average molecular weight is 344 g/mol. The lowest BCUT2D eigenvalue weighted by atomic mass is 10.2. The molecule has 0 bridgehead atoms. The molecule has 2 N–H and O–H groups in total. The van der Waals surface area contributed by atoms with Crippen molar-refractivity contribution in [3.63, 3.8) is 0 Å². The maximum absolute atomic E-state index is 10.3. The van der Waals surface area contributed by atoms with Crippen LogP contribution in [0.15, 0.2) is 72.9 Å². The van der Waals surface area contributed by atoms with E-state index in [1.54, 1.807) is 6.08 Å². The molecule has 1 atom stereocenters. The Kier molecular flexibility index (Phi) is 16.7. The molecule has 0 saturated heterocycles. The highest BCUT2D eigenvalue weighted by atomic mass is 16.4. The number of aliphatic hydroxyl groups excluding tert-OH is 1. The lowest BCUT2D eigenvalue weighted by Crippen LogP contribution is -1.98. The summed E-state index contributed by atoms with van der Waals surface area (Å²) in [4.78, 5) is 10.3. The minimum atomic E-state index is -0.774. The van der Waals surface area contributed by atoms with Crippen LogP contribution in [0, 0.1) is 0 Å². The standard InChI is InChI=1S/C22H32O3/c1-2-3-4-5-6-7-8-9-12-15-18-21(23)19-16-13-10-11-14-17-20-22(24)25/h3-4,6-7,9,11-16,18,21,23H,2,5,8,10,17,19-20H2,1H3,(H,24,25)/b4-3+,7-6+,12-9+,14-11+,16-13+,18-15+. The van der Waals surface area contributed by atoms with E-state index in [0.717, 1.165) is 25.7 Å². The van der Waals surface area contributed by atoms with Crippen LogP contribution in [-0.2, 0) is 4.79 Å². The summed E-state index contributed by atoms with van der Waals surface area (Å²) in [5, 5.41) is 18.3. The number of rotatable bonds is 14. The zero-order chi connectivity index (χ0) is 18.6. The van der Waals surface area contributed by atoms with Crippen molar-refractivity contribution in [3.05, 3.63) is 72.9 Å². The number of hydrogen-bond donors (Lipinski definition) is 2. The van der Waals surface area contributed by atoms with E-state index in [1.807, 2.05) is 36.5 Å². The molecule has 0 heterocycles. The Balaban J connectivity index is 3.73. The van der Waals surface area contributed by atoms with Gasteiger partial charge in [0, 0.05) is 6.42 Å². The maximum Gasteiger partial charge on any atom is 0.303 e. The van der Waals surface area contributed by atoms with Gasteiger partial charge in [-0.25, -0.2) is 0 Å². The lowest BCUT2D eigenvalue weighted by Gasteiger charge is -1.98. The van der Waals surface area contributed by atoms with Crippen LogP contribution < -0.4 is 0 Å². The van der Waals surface area contributed by atoms with Crippen LogP contribution >= 0.6 is 0 Å². The molecule has 0 aliphatic heterocycles. The Morgan fingerprint density at radius 3 is 2.12 bits per heavy atom. The Hall–Kier alpha value is -2.13. The van der Waals surface area contributed by atoms with Gasteiger partial charge in [0.25, 0.3) is 0 Å². The van der Waals surface area contributed by atoms with Crippen LogP contribution in [0.1, 0.15) is 51.9 Å². The number of carboxylic acid groups (broad SMARTS) is 1. The highest BCUT2D eigenvalue weighted by Gasteiger charge is 1.93. The van der Waals surface area contributed by atoms with Gasteiger partial charge in [-0.05, 0) is 38.5 Å². The fourth-order valence-corrected chi connectivity index (χ4v) is 1.87. The molecule has 0 spiro atoms. The molecule has 3 heteroatoms. The molecule has 1 unspecified atom stereocenters. The molecule has 0 amide bonds. The topological polar surface area (TPSA) is 57.5 Å². The van der Waals surface area contributed by atoms with Crippen molar-refractivity contribution >= 4 is 5.97 Å². The molecule has 0 aromatic carbocycles. The van der Waals surface area contributed by atoms with Gasteiger partial charge in [0.05, 0.1) is 6.10 Å². The van der Waals surface area contributed by atoms with Crippen LogP contribution in [0.2, 0.25) is 0 Å². The van der Waals surface area contributed by atoms with Crippen molar-refractivity contribution < 1.29 is 15.0 Å². The summed E-state index contributed by atoms with van der Waals surface area (Å²) >= 11 is 0. The summed E-state index contributed by atoms with van der Waals surface area (Å²) in [6.45, 7) is 2.13. The van der Waals surface area contributed by atoms with E-state index in [9.17, 15) is 9.90 Å². The maximum atomic E-state index is 10.3. The first-order valence-electron chi connectivity index (χ1n) is 9.00. The van der Waals surface area contributed by atoms with Gasteiger partial charge in [-0.2, -0.15) is 0 Å². The number of aliphatic hydroxyl groups is 1. The SMILES string of the molecule is CC/C=C/C/C=C/C/C=C/C=C/C(O)C/C=C/C/C=C/CCC(=O)O. The number of carboxylic acids is 1. The third kappa shape index (κ3) is 19.8. The first-order chi connectivity index (χ1) is 12.2. The van der Waals surface area contributed by atoms with Crippen molar-refractivity contribution in [2.24, 2.45) is 0 Å². The van der Waals surface area contributed by atoms with Crippen molar-refractivity contribution in [2.75, 3.05) is 0 Å². The molecule has 0 aliphatic carbocycles. The van der Waals surface area contributed by atoms with Gasteiger partial charge < -0.3 is 10.2 Å². The molecule has 25 heavy (non-hydrogen) atoms. The fourth-order valence-electron chi connectivity index (χ4n) is 1.87. The Bertz CT molecular complexity index is 493. The highest BCUT2D eigenvalue weighted by molar-refractivity contribution is 5.66. The number of aliphatic carboxylic acids is 1. The lowest BCUT2D eigenvalue weighted by molar-refractivity contribution is -0.136. The number of hydrogen-bond acceptors (Lipinski definition) is 2. The number of carbonyl (C=O) groups is 1. The van der Waals surface area contributed by atoms with Crippen molar-refractivity contribution in [3.8, 4) is 0 Å². The van der Waals surface area contributed by atoms with Crippen molar-refractivity contribution in [2.45, 2.75) is 58.0 Å². The van der Waals surface area contributed by atoms with Crippen LogP contribution in [0.25, 0.3) is 0 Å². The normalized spacial score (nSPS) is 14.3. The highest BCUT2D eigenvalue weighted by Crippen LogP contribution is 1.99.